The monoisotopic (exact) mass is 341 g/mol. The molecule has 0 aliphatic carbocycles. The maximum atomic E-state index is 12.5. The number of hydrogen-bond acceptors (Lipinski definition) is 2. The first-order valence-electron chi connectivity index (χ1n) is 8.28. The topological polar surface area (TPSA) is 37.4 Å². The summed E-state index contributed by atoms with van der Waals surface area (Å²) in [5, 5.41) is 0. The van der Waals surface area contributed by atoms with Gasteiger partial charge < -0.3 is 4.90 Å². The Morgan fingerprint density at radius 3 is 2.67 bits per heavy atom. The van der Waals surface area contributed by atoms with Crippen LogP contribution in [0.3, 0.4) is 0 Å². The van der Waals surface area contributed by atoms with Gasteiger partial charge in [0, 0.05) is 29.6 Å². The largest absolute Gasteiger partial charge is 0.337 e. The third-order valence-electron chi connectivity index (χ3n) is 4.59. The molecule has 24 heavy (non-hydrogen) atoms. The molecule has 4 heteroatoms. The summed E-state index contributed by atoms with van der Waals surface area (Å²) in [7, 11) is -1.17. The number of carbonyl (C=O) groups excluding carboxylic acids is 1. The average Bonchev–Trinajstić information content (AvgIpc) is 2.57. The van der Waals surface area contributed by atoms with Crippen LogP contribution >= 0.6 is 0 Å². The lowest BCUT2D eigenvalue weighted by Gasteiger charge is -2.28. The molecule has 1 heterocycles. The second kappa shape index (κ2) is 7.31. The fourth-order valence-corrected chi connectivity index (χ4v) is 4.34. The van der Waals surface area contributed by atoms with Crippen molar-refractivity contribution in [3.05, 3.63) is 70.3 Å². The molecular formula is C20H23NO2S. The van der Waals surface area contributed by atoms with Crippen LogP contribution in [0.2, 0.25) is 0 Å². The molecule has 1 atom stereocenters. The van der Waals surface area contributed by atoms with Gasteiger partial charge in [0.25, 0.3) is 0 Å². The molecule has 2 aromatic carbocycles. The summed E-state index contributed by atoms with van der Waals surface area (Å²) in [6.45, 7) is 5.41. The molecule has 0 radical (unpaired) electrons. The van der Waals surface area contributed by atoms with E-state index >= 15 is 0 Å². The van der Waals surface area contributed by atoms with Gasteiger partial charge in [0.15, 0.2) is 0 Å². The van der Waals surface area contributed by atoms with Gasteiger partial charge in [-0.1, -0.05) is 48.0 Å². The molecular weight excluding hydrogens is 318 g/mol. The average molecular weight is 341 g/mol. The molecule has 0 N–H and O–H groups in total. The molecule has 0 bridgehead atoms. The van der Waals surface area contributed by atoms with Crippen LogP contribution in [0.4, 0.5) is 0 Å². The summed E-state index contributed by atoms with van der Waals surface area (Å²) in [5.41, 5.74) is 5.89. The lowest BCUT2D eigenvalue weighted by Crippen LogP contribution is -2.38. The number of rotatable bonds is 4. The highest BCUT2D eigenvalue weighted by molar-refractivity contribution is 7.84. The molecule has 1 aliphatic rings. The Bertz CT molecular complexity index is 785. The van der Waals surface area contributed by atoms with Gasteiger partial charge in [-0.15, -0.1) is 0 Å². The standard InChI is InChI=1S/C20H23NO2S/c1-15-7-8-16(2)19(11-15)13-24(23)14-20(22)21-10-9-17-5-3-4-6-18(17)12-21/h3-8,11H,9-10,12-14H2,1-2H3/t24-/m1/s1. The SMILES string of the molecule is Cc1ccc(C)c(C[S@@](=O)CC(=O)N2CCc3ccccc3C2)c1. The highest BCUT2D eigenvalue weighted by Crippen LogP contribution is 2.19. The van der Waals surface area contributed by atoms with Crippen molar-refractivity contribution < 1.29 is 9.00 Å². The van der Waals surface area contributed by atoms with Gasteiger partial charge in [-0.05, 0) is 42.5 Å². The summed E-state index contributed by atoms with van der Waals surface area (Å²) in [6.07, 6.45) is 0.880. The van der Waals surface area contributed by atoms with E-state index < -0.39 is 10.8 Å². The third kappa shape index (κ3) is 3.93. The molecule has 0 spiro atoms. The zero-order valence-electron chi connectivity index (χ0n) is 14.2. The number of hydrogen-bond donors (Lipinski definition) is 0. The zero-order chi connectivity index (χ0) is 17.1. The zero-order valence-corrected chi connectivity index (χ0v) is 15.1. The minimum absolute atomic E-state index is 0.00635. The van der Waals surface area contributed by atoms with Crippen LogP contribution in [-0.4, -0.2) is 27.3 Å². The van der Waals surface area contributed by atoms with Crippen LogP contribution in [0.1, 0.15) is 27.8 Å². The van der Waals surface area contributed by atoms with Crippen molar-refractivity contribution in [1.82, 2.24) is 4.90 Å². The Morgan fingerprint density at radius 2 is 1.88 bits per heavy atom. The predicted octanol–water partition coefficient (Wildman–Crippen LogP) is 3.14. The van der Waals surface area contributed by atoms with E-state index in [0.717, 1.165) is 29.7 Å². The Kier molecular flexibility index (Phi) is 5.14. The molecule has 1 amide bonds. The van der Waals surface area contributed by atoms with Crippen molar-refractivity contribution >= 4 is 16.7 Å². The fourth-order valence-electron chi connectivity index (χ4n) is 3.12. The van der Waals surface area contributed by atoms with Gasteiger partial charge in [-0.3, -0.25) is 9.00 Å². The van der Waals surface area contributed by atoms with Crippen LogP contribution in [0.25, 0.3) is 0 Å². The van der Waals surface area contributed by atoms with Crippen molar-refractivity contribution in [3.63, 3.8) is 0 Å². The Hall–Kier alpha value is -1.94. The van der Waals surface area contributed by atoms with E-state index in [0.29, 0.717) is 12.3 Å². The van der Waals surface area contributed by atoms with E-state index in [1.54, 1.807) is 0 Å². The summed E-state index contributed by atoms with van der Waals surface area (Å²) in [6, 6.07) is 14.4. The smallest absolute Gasteiger partial charge is 0.235 e. The second-order valence-electron chi connectivity index (χ2n) is 6.49. The Morgan fingerprint density at radius 1 is 1.12 bits per heavy atom. The Labute approximate surface area is 146 Å². The second-order valence-corrected chi connectivity index (χ2v) is 7.95. The lowest BCUT2D eigenvalue weighted by atomic mass is 10.00. The van der Waals surface area contributed by atoms with E-state index in [1.165, 1.54) is 11.1 Å². The van der Waals surface area contributed by atoms with Gasteiger partial charge >= 0.3 is 0 Å². The lowest BCUT2D eigenvalue weighted by molar-refractivity contribution is -0.129. The van der Waals surface area contributed by atoms with Crippen LogP contribution in [-0.2, 0) is 34.3 Å². The summed E-state index contributed by atoms with van der Waals surface area (Å²) in [4.78, 5) is 14.3. The minimum atomic E-state index is -1.17. The van der Waals surface area contributed by atoms with Crippen molar-refractivity contribution in [2.45, 2.75) is 32.6 Å². The van der Waals surface area contributed by atoms with E-state index in [-0.39, 0.29) is 11.7 Å². The van der Waals surface area contributed by atoms with Crippen LogP contribution in [0.5, 0.6) is 0 Å². The van der Waals surface area contributed by atoms with Gasteiger partial charge in [-0.2, -0.15) is 0 Å². The first kappa shape index (κ1) is 16.9. The highest BCUT2D eigenvalue weighted by Gasteiger charge is 2.22. The molecule has 0 saturated carbocycles. The minimum Gasteiger partial charge on any atom is -0.337 e. The number of carbonyl (C=O) groups is 1. The summed E-state index contributed by atoms with van der Waals surface area (Å²) < 4.78 is 12.4. The summed E-state index contributed by atoms with van der Waals surface area (Å²) >= 11 is 0. The van der Waals surface area contributed by atoms with Gasteiger partial charge in [0.1, 0.15) is 5.75 Å². The third-order valence-corrected chi connectivity index (χ3v) is 5.79. The van der Waals surface area contributed by atoms with E-state index in [9.17, 15) is 9.00 Å². The van der Waals surface area contributed by atoms with Crippen LogP contribution in [0, 0.1) is 13.8 Å². The Balaban J connectivity index is 1.61. The molecule has 0 saturated heterocycles. The molecule has 2 aromatic rings. The number of fused-ring (bicyclic) bond motifs is 1. The molecule has 0 unspecified atom stereocenters. The van der Waals surface area contributed by atoms with Crippen LogP contribution < -0.4 is 0 Å². The van der Waals surface area contributed by atoms with E-state index in [4.69, 9.17) is 0 Å². The first-order valence-corrected chi connectivity index (χ1v) is 9.77. The highest BCUT2D eigenvalue weighted by atomic mass is 32.2. The van der Waals surface area contributed by atoms with E-state index in [1.807, 2.05) is 36.9 Å². The van der Waals surface area contributed by atoms with Crippen LogP contribution in [0.15, 0.2) is 42.5 Å². The molecule has 126 valence electrons. The molecule has 0 fully saturated rings. The fraction of sp³-hybridized carbons (Fsp3) is 0.350. The molecule has 3 nitrogen and oxygen atoms in total. The molecule has 3 rings (SSSR count). The predicted molar refractivity (Wildman–Crippen MR) is 98.2 cm³/mol. The van der Waals surface area contributed by atoms with Crippen molar-refractivity contribution in [1.29, 1.82) is 0 Å². The number of aryl methyl sites for hydroxylation is 2. The van der Waals surface area contributed by atoms with Gasteiger partial charge in [0.2, 0.25) is 5.91 Å². The number of nitrogens with zero attached hydrogens (tertiary/aromatic N) is 1. The van der Waals surface area contributed by atoms with Crippen molar-refractivity contribution in [2.24, 2.45) is 0 Å². The van der Waals surface area contributed by atoms with Crippen molar-refractivity contribution in [2.75, 3.05) is 12.3 Å². The quantitative estimate of drug-likeness (QED) is 0.857. The maximum absolute atomic E-state index is 12.5. The van der Waals surface area contributed by atoms with Gasteiger partial charge in [0.05, 0.1) is 0 Å². The normalized spacial score (nSPS) is 15.0. The maximum Gasteiger partial charge on any atom is 0.235 e. The first-order chi connectivity index (χ1) is 11.5. The molecule has 1 aliphatic heterocycles. The molecule has 0 aromatic heterocycles. The number of amides is 1. The van der Waals surface area contributed by atoms with E-state index in [2.05, 4.69) is 24.3 Å². The van der Waals surface area contributed by atoms with Gasteiger partial charge in [-0.25, -0.2) is 0 Å². The van der Waals surface area contributed by atoms with Crippen molar-refractivity contribution in [3.8, 4) is 0 Å². The number of benzene rings is 2. The summed E-state index contributed by atoms with van der Waals surface area (Å²) in [5.74, 6) is 0.548.